The molecule has 150 valence electrons. The Morgan fingerprint density at radius 1 is 0.964 bits per heavy atom. The molecule has 1 amide bonds. The van der Waals surface area contributed by atoms with Gasteiger partial charge in [-0.15, -0.1) is 0 Å². The van der Waals surface area contributed by atoms with Gasteiger partial charge in [-0.3, -0.25) is 9.69 Å². The van der Waals surface area contributed by atoms with Crippen molar-refractivity contribution in [2.24, 2.45) is 0 Å². The smallest absolute Gasteiger partial charge is 0.261 e. The van der Waals surface area contributed by atoms with Crippen molar-refractivity contribution >= 4 is 5.91 Å². The van der Waals surface area contributed by atoms with Gasteiger partial charge in [0.15, 0.2) is 6.10 Å². The SMILES string of the molecule is COc1ccc(O[C@H](C)C(=O)NCc2ccc(CN3CCCCC3)cc2)cc1. The maximum absolute atomic E-state index is 12.3. The van der Waals surface area contributed by atoms with Gasteiger partial charge >= 0.3 is 0 Å². The first-order valence-corrected chi connectivity index (χ1v) is 10.0. The zero-order valence-corrected chi connectivity index (χ0v) is 16.8. The molecular formula is C23H30N2O3. The molecule has 0 aromatic heterocycles. The number of methoxy groups -OCH3 is 1. The van der Waals surface area contributed by atoms with Gasteiger partial charge in [0.1, 0.15) is 11.5 Å². The fraction of sp³-hybridized carbons (Fsp3) is 0.435. The lowest BCUT2D eigenvalue weighted by Gasteiger charge is -2.26. The lowest BCUT2D eigenvalue weighted by molar-refractivity contribution is -0.127. The minimum absolute atomic E-state index is 0.131. The van der Waals surface area contributed by atoms with Crippen molar-refractivity contribution in [3.63, 3.8) is 0 Å². The molecule has 1 saturated heterocycles. The van der Waals surface area contributed by atoms with Gasteiger partial charge in [-0.2, -0.15) is 0 Å². The Balaban J connectivity index is 1.43. The number of carbonyl (C=O) groups is 1. The van der Waals surface area contributed by atoms with Crippen LogP contribution in [-0.4, -0.2) is 37.1 Å². The van der Waals surface area contributed by atoms with E-state index in [0.717, 1.165) is 17.9 Å². The summed E-state index contributed by atoms with van der Waals surface area (Å²) >= 11 is 0. The second kappa shape index (κ2) is 10.1. The summed E-state index contributed by atoms with van der Waals surface area (Å²) in [4.78, 5) is 14.8. The molecule has 0 bridgehead atoms. The third kappa shape index (κ3) is 5.99. The van der Waals surface area contributed by atoms with Crippen LogP contribution in [0.1, 0.15) is 37.3 Å². The minimum Gasteiger partial charge on any atom is -0.497 e. The number of amides is 1. The van der Waals surface area contributed by atoms with Crippen LogP contribution in [-0.2, 0) is 17.9 Å². The van der Waals surface area contributed by atoms with Gasteiger partial charge in [-0.25, -0.2) is 0 Å². The van der Waals surface area contributed by atoms with Crippen LogP contribution in [0.3, 0.4) is 0 Å². The molecular weight excluding hydrogens is 352 g/mol. The zero-order chi connectivity index (χ0) is 19.8. The number of nitrogens with zero attached hydrogens (tertiary/aromatic N) is 1. The Morgan fingerprint density at radius 3 is 2.21 bits per heavy atom. The lowest BCUT2D eigenvalue weighted by atomic mass is 10.1. The van der Waals surface area contributed by atoms with Gasteiger partial charge in [0, 0.05) is 13.1 Å². The summed E-state index contributed by atoms with van der Waals surface area (Å²) in [6.07, 6.45) is 3.41. The number of hydrogen-bond acceptors (Lipinski definition) is 4. The van der Waals surface area contributed by atoms with E-state index in [0.29, 0.717) is 12.3 Å². The van der Waals surface area contributed by atoms with Crippen molar-refractivity contribution in [1.82, 2.24) is 10.2 Å². The Morgan fingerprint density at radius 2 is 1.57 bits per heavy atom. The Hall–Kier alpha value is -2.53. The summed E-state index contributed by atoms with van der Waals surface area (Å²) in [7, 11) is 1.62. The van der Waals surface area contributed by atoms with E-state index in [9.17, 15) is 4.79 Å². The van der Waals surface area contributed by atoms with E-state index in [1.165, 1.54) is 37.9 Å². The summed E-state index contributed by atoms with van der Waals surface area (Å²) in [5.41, 5.74) is 2.42. The quantitative estimate of drug-likeness (QED) is 0.755. The van der Waals surface area contributed by atoms with Crippen LogP contribution in [0, 0.1) is 0 Å². The maximum Gasteiger partial charge on any atom is 0.261 e. The van der Waals surface area contributed by atoms with Gasteiger partial charge in [-0.1, -0.05) is 30.7 Å². The van der Waals surface area contributed by atoms with E-state index in [1.54, 1.807) is 26.2 Å². The molecule has 1 aliphatic rings. The van der Waals surface area contributed by atoms with Crippen molar-refractivity contribution in [2.45, 2.75) is 45.4 Å². The van der Waals surface area contributed by atoms with Gasteiger partial charge in [0.05, 0.1) is 7.11 Å². The minimum atomic E-state index is -0.563. The summed E-state index contributed by atoms with van der Waals surface area (Å²) < 4.78 is 10.8. The number of rotatable bonds is 8. The molecule has 0 aliphatic carbocycles. The monoisotopic (exact) mass is 382 g/mol. The molecule has 0 radical (unpaired) electrons. The highest BCUT2D eigenvalue weighted by atomic mass is 16.5. The van der Waals surface area contributed by atoms with Crippen molar-refractivity contribution in [1.29, 1.82) is 0 Å². The maximum atomic E-state index is 12.3. The first-order chi connectivity index (χ1) is 13.6. The van der Waals surface area contributed by atoms with E-state index in [4.69, 9.17) is 9.47 Å². The van der Waals surface area contributed by atoms with E-state index >= 15 is 0 Å². The Kier molecular flexibility index (Phi) is 7.31. The molecule has 5 nitrogen and oxygen atoms in total. The third-order valence-corrected chi connectivity index (χ3v) is 5.09. The van der Waals surface area contributed by atoms with Crippen LogP contribution in [0.25, 0.3) is 0 Å². The second-order valence-corrected chi connectivity index (χ2v) is 7.31. The molecule has 1 heterocycles. The Bertz CT molecular complexity index is 737. The molecule has 5 heteroatoms. The highest BCUT2D eigenvalue weighted by Crippen LogP contribution is 2.18. The molecule has 2 aromatic carbocycles. The molecule has 1 fully saturated rings. The fourth-order valence-electron chi connectivity index (χ4n) is 3.38. The van der Waals surface area contributed by atoms with Gasteiger partial charge in [0.25, 0.3) is 5.91 Å². The van der Waals surface area contributed by atoms with Crippen LogP contribution in [0.15, 0.2) is 48.5 Å². The first-order valence-electron chi connectivity index (χ1n) is 10.0. The molecule has 0 unspecified atom stereocenters. The normalized spacial score (nSPS) is 15.6. The van der Waals surface area contributed by atoms with Crippen LogP contribution in [0.5, 0.6) is 11.5 Å². The molecule has 1 atom stereocenters. The molecule has 28 heavy (non-hydrogen) atoms. The highest BCUT2D eigenvalue weighted by Gasteiger charge is 2.14. The Labute approximate surface area is 167 Å². The molecule has 1 N–H and O–H groups in total. The number of likely N-dealkylation sites (tertiary alicyclic amines) is 1. The number of ether oxygens (including phenoxy) is 2. The molecule has 0 spiro atoms. The zero-order valence-electron chi connectivity index (χ0n) is 16.8. The topological polar surface area (TPSA) is 50.8 Å². The van der Waals surface area contributed by atoms with E-state index in [1.807, 2.05) is 12.1 Å². The predicted molar refractivity (Wildman–Crippen MR) is 111 cm³/mol. The number of carbonyl (C=O) groups excluding carboxylic acids is 1. The number of piperidine rings is 1. The molecule has 0 saturated carbocycles. The average molecular weight is 383 g/mol. The van der Waals surface area contributed by atoms with Crippen molar-refractivity contribution < 1.29 is 14.3 Å². The molecule has 3 rings (SSSR count). The summed E-state index contributed by atoms with van der Waals surface area (Å²) in [5.74, 6) is 1.27. The summed E-state index contributed by atoms with van der Waals surface area (Å²) in [5, 5.41) is 2.94. The van der Waals surface area contributed by atoms with Gasteiger partial charge in [0.2, 0.25) is 0 Å². The van der Waals surface area contributed by atoms with Crippen LogP contribution in [0.2, 0.25) is 0 Å². The van der Waals surface area contributed by atoms with E-state index < -0.39 is 6.10 Å². The summed E-state index contributed by atoms with van der Waals surface area (Å²) in [6.45, 7) is 5.66. The van der Waals surface area contributed by atoms with E-state index in [-0.39, 0.29) is 5.91 Å². The van der Waals surface area contributed by atoms with E-state index in [2.05, 4.69) is 34.5 Å². The largest absolute Gasteiger partial charge is 0.497 e. The van der Waals surface area contributed by atoms with Crippen molar-refractivity contribution in [2.75, 3.05) is 20.2 Å². The van der Waals surface area contributed by atoms with Crippen molar-refractivity contribution in [3.05, 3.63) is 59.7 Å². The fourth-order valence-corrected chi connectivity index (χ4v) is 3.38. The first kappa shape index (κ1) is 20.2. The predicted octanol–water partition coefficient (Wildman–Crippen LogP) is 3.76. The number of benzene rings is 2. The standard InChI is InChI=1S/C23H30N2O3/c1-18(28-22-12-10-21(27-2)11-13-22)23(26)24-16-19-6-8-20(9-7-19)17-25-14-4-3-5-15-25/h6-13,18H,3-5,14-17H2,1-2H3,(H,24,26)/t18-/m1/s1. The third-order valence-electron chi connectivity index (χ3n) is 5.09. The van der Waals surface area contributed by atoms with Crippen molar-refractivity contribution in [3.8, 4) is 11.5 Å². The average Bonchev–Trinajstić information content (AvgIpc) is 2.74. The number of nitrogens with one attached hydrogen (secondary N) is 1. The van der Waals surface area contributed by atoms with Crippen LogP contribution >= 0.6 is 0 Å². The van der Waals surface area contributed by atoms with Crippen LogP contribution in [0.4, 0.5) is 0 Å². The highest BCUT2D eigenvalue weighted by molar-refractivity contribution is 5.80. The number of hydrogen-bond donors (Lipinski definition) is 1. The second-order valence-electron chi connectivity index (χ2n) is 7.31. The molecule has 1 aliphatic heterocycles. The lowest BCUT2D eigenvalue weighted by Crippen LogP contribution is -2.35. The van der Waals surface area contributed by atoms with Gasteiger partial charge in [-0.05, 0) is 68.2 Å². The molecule has 2 aromatic rings. The van der Waals surface area contributed by atoms with Gasteiger partial charge < -0.3 is 14.8 Å². The summed E-state index contributed by atoms with van der Waals surface area (Å²) in [6, 6.07) is 15.7. The van der Waals surface area contributed by atoms with Crippen LogP contribution < -0.4 is 14.8 Å².